The van der Waals surface area contributed by atoms with Crippen LogP contribution in [0.3, 0.4) is 0 Å². The molecule has 2 aliphatic rings. The van der Waals surface area contributed by atoms with Crippen LogP contribution in [0.2, 0.25) is 0 Å². The van der Waals surface area contributed by atoms with Gasteiger partial charge in [-0.05, 0) is 68.1 Å². The number of aryl methyl sites for hydroxylation is 2. The van der Waals surface area contributed by atoms with Gasteiger partial charge in [-0.25, -0.2) is 8.42 Å². The van der Waals surface area contributed by atoms with Crippen LogP contribution in [0, 0.1) is 13.8 Å². The number of rotatable bonds is 7. The Kier molecular flexibility index (Phi) is 7.21. The molecule has 2 heterocycles. The number of benzene rings is 2. The van der Waals surface area contributed by atoms with Gasteiger partial charge in [0, 0.05) is 44.9 Å². The van der Waals surface area contributed by atoms with E-state index in [1.54, 1.807) is 30.3 Å². The Morgan fingerprint density at radius 2 is 1.91 bits per heavy atom. The Morgan fingerprint density at radius 1 is 1.12 bits per heavy atom. The second-order valence-corrected chi connectivity index (χ2v) is 10.3. The monoisotopic (exact) mass is 472 g/mol. The molecule has 8 nitrogen and oxygen atoms in total. The summed E-state index contributed by atoms with van der Waals surface area (Å²) in [6, 6.07) is 10.3. The first-order valence-corrected chi connectivity index (χ1v) is 12.9. The standard InChI is InChI=1S/C24H32N4O4S/c1-17-5-7-21(14-18(17)2)33(30,31)27-22-15-19(24(29)26-16-20-4-3-13-32-20)6-8-23(22)28-11-9-25-10-12-28/h5-8,14-15,20,25,27H,3-4,9-13,16H2,1-2H3,(H,26,29)/t20-/m1/s1. The third kappa shape index (κ3) is 5.66. The fourth-order valence-corrected chi connectivity index (χ4v) is 5.29. The minimum Gasteiger partial charge on any atom is -0.376 e. The van der Waals surface area contributed by atoms with Crippen molar-refractivity contribution in [1.29, 1.82) is 0 Å². The van der Waals surface area contributed by atoms with Crippen molar-refractivity contribution >= 4 is 27.3 Å². The summed E-state index contributed by atoms with van der Waals surface area (Å²) in [7, 11) is -3.83. The van der Waals surface area contributed by atoms with E-state index in [0.717, 1.165) is 62.4 Å². The third-order valence-electron chi connectivity index (χ3n) is 6.26. The van der Waals surface area contributed by atoms with Gasteiger partial charge in [0.2, 0.25) is 0 Å². The molecule has 0 aliphatic carbocycles. The molecule has 178 valence electrons. The highest BCUT2D eigenvalue weighted by Crippen LogP contribution is 2.30. The average Bonchev–Trinajstić information content (AvgIpc) is 3.33. The Labute approximate surface area is 195 Å². The van der Waals surface area contributed by atoms with E-state index >= 15 is 0 Å². The van der Waals surface area contributed by atoms with E-state index in [9.17, 15) is 13.2 Å². The molecule has 2 aromatic carbocycles. The molecule has 0 spiro atoms. The van der Waals surface area contributed by atoms with Gasteiger partial charge in [-0.15, -0.1) is 0 Å². The number of nitrogens with one attached hydrogen (secondary N) is 3. The van der Waals surface area contributed by atoms with Crippen LogP contribution >= 0.6 is 0 Å². The van der Waals surface area contributed by atoms with Crippen molar-refractivity contribution in [2.24, 2.45) is 0 Å². The molecule has 1 amide bonds. The Morgan fingerprint density at radius 3 is 2.61 bits per heavy atom. The highest BCUT2D eigenvalue weighted by atomic mass is 32.2. The lowest BCUT2D eigenvalue weighted by Crippen LogP contribution is -2.43. The summed E-state index contributed by atoms with van der Waals surface area (Å²) in [6.45, 7) is 8.14. The summed E-state index contributed by atoms with van der Waals surface area (Å²) in [5.41, 5.74) is 3.51. The number of hydrogen-bond donors (Lipinski definition) is 3. The van der Waals surface area contributed by atoms with Gasteiger partial charge in [0.05, 0.1) is 22.4 Å². The van der Waals surface area contributed by atoms with Gasteiger partial charge in [-0.2, -0.15) is 0 Å². The topological polar surface area (TPSA) is 99.8 Å². The predicted molar refractivity (Wildman–Crippen MR) is 130 cm³/mol. The number of amides is 1. The molecule has 0 saturated carbocycles. The summed E-state index contributed by atoms with van der Waals surface area (Å²) in [5.74, 6) is -0.246. The molecule has 9 heteroatoms. The van der Waals surface area contributed by atoms with Gasteiger partial charge < -0.3 is 20.3 Å². The van der Waals surface area contributed by atoms with Crippen LogP contribution in [0.4, 0.5) is 11.4 Å². The maximum absolute atomic E-state index is 13.2. The zero-order chi connectivity index (χ0) is 23.4. The van der Waals surface area contributed by atoms with Crippen molar-refractivity contribution in [2.45, 2.75) is 37.7 Å². The van der Waals surface area contributed by atoms with Gasteiger partial charge in [0.25, 0.3) is 15.9 Å². The van der Waals surface area contributed by atoms with Crippen LogP contribution in [-0.2, 0) is 14.8 Å². The van der Waals surface area contributed by atoms with E-state index in [0.29, 0.717) is 17.8 Å². The molecule has 2 saturated heterocycles. The zero-order valence-electron chi connectivity index (χ0n) is 19.2. The molecule has 0 unspecified atom stereocenters. The molecule has 2 fully saturated rings. The maximum Gasteiger partial charge on any atom is 0.261 e. The van der Waals surface area contributed by atoms with Crippen LogP contribution < -0.4 is 20.3 Å². The minimum atomic E-state index is -3.83. The van der Waals surface area contributed by atoms with Crippen LogP contribution in [0.15, 0.2) is 41.3 Å². The quantitative estimate of drug-likeness (QED) is 0.572. The first-order valence-electron chi connectivity index (χ1n) is 11.4. The molecular weight excluding hydrogens is 440 g/mol. The third-order valence-corrected chi connectivity index (χ3v) is 7.63. The lowest BCUT2D eigenvalue weighted by Gasteiger charge is -2.31. The van der Waals surface area contributed by atoms with Crippen LogP contribution in [0.5, 0.6) is 0 Å². The van der Waals surface area contributed by atoms with E-state index in [1.165, 1.54) is 0 Å². The predicted octanol–water partition coefficient (Wildman–Crippen LogP) is 2.42. The molecule has 2 aromatic rings. The van der Waals surface area contributed by atoms with Gasteiger partial charge in [-0.1, -0.05) is 6.07 Å². The molecular formula is C24H32N4O4S. The Balaban J connectivity index is 1.61. The normalized spacial score (nSPS) is 18.8. The molecule has 0 aromatic heterocycles. The van der Waals surface area contributed by atoms with Crippen molar-refractivity contribution in [1.82, 2.24) is 10.6 Å². The highest BCUT2D eigenvalue weighted by molar-refractivity contribution is 7.92. The van der Waals surface area contributed by atoms with E-state index in [4.69, 9.17) is 4.74 Å². The summed E-state index contributed by atoms with van der Waals surface area (Å²) in [5, 5.41) is 6.22. The van der Waals surface area contributed by atoms with E-state index in [2.05, 4.69) is 20.3 Å². The van der Waals surface area contributed by atoms with Crippen LogP contribution in [0.25, 0.3) is 0 Å². The first-order chi connectivity index (χ1) is 15.8. The minimum absolute atomic E-state index is 0.0387. The van der Waals surface area contributed by atoms with Crippen molar-refractivity contribution in [2.75, 3.05) is 49.0 Å². The maximum atomic E-state index is 13.2. The lowest BCUT2D eigenvalue weighted by atomic mass is 10.1. The number of hydrogen-bond acceptors (Lipinski definition) is 6. The molecule has 0 bridgehead atoms. The van der Waals surface area contributed by atoms with Crippen molar-refractivity contribution in [3.8, 4) is 0 Å². The highest BCUT2D eigenvalue weighted by Gasteiger charge is 2.22. The lowest BCUT2D eigenvalue weighted by molar-refractivity contribution is 0.0858. The van der Waals surface area contributed by atoms with Gasteiger partial charge >= 0.3 is 0 Å². The summed E-state index contributed by atoms with van der Waals surface area (Å²) in [6.07, 6.45) is 1.98. The second kappa shape index (κ2) is 10.1. The van der Waals surface area contributed by atoms with Crippen molar-refractivity contribution in [3.63, 3.8) is 0 Å². The van der Waals surface area contributed by atoms with Gasteiger partial charge in [0.15, 0.2) is 0 Å². The second-order valence-electron chi connectivity index (χ2n) is 8.67. The number of nitrogens with zero attached hydrogens (tertiary/aromatic N) is 1. The zero-order valence-corrected chi connectivity index (χ0v) is 20.0. The van der Waals surface area contributed by atoms with Crippen molar-refractivity contribution in [3.05, 3.63) is 53.1 Å². The van der Waals surface area contributed by atoms with Crippen molar-refractivity contribution < 1.29 is 17.9 Å². The van der Waals surface area contributed by atoms with E-state index in [1.807, 2.05) is 19.9 Å². The number of ether oxygens (including phenoxy) is 1. The summed E-state index contributed by atoms with van der Waals surface area (Å²) < 4.78 is 34.8. The summed E-state index contributed by atoms with van der Waals surface area (Å²) in [4.78, 5) is 15.1. The molecule has 0 radical (unpaired) electrons. The SMILES string of the molecule is Cc1ccc(S(=O)(=O)Nc2cc(C(=O)NC[C@H]3CCCO3)ccc2N2CCNCC2)cc1C. The van der Waals surface area contributed by atoms with Gasteiger partial charge in [0.1, 0.15) is 0 Å². The fourth-order valence-electron chi connectivity index (χ4n) is 4.14. The van der Waals surface area contributed by atoms with E-state index < -0.39 is 10.0 Å². The largest absolute Gasteiger partial charge is 0.376 e. The summed E-state index contributed by atoms with van der Waals surface area (Å²) >= 11 is 0. The molecule has 4 rings (SSSR count). The number of piperazine rings is 1. The number of carbonyl (C=O) groups excluding carboxylic acids is 1. The Bertz CT molecular complexity index is 1110. The molecule has 1 atom stereocenters. The Hall–Kier alpha value is -2.62. The number of carbonyl (C=O) groups is 1. The van der Waals surface area contributed by atoms with Crippen LogP contribution in [0.1, 0.15) is 34.3 Å². The van der Waals surface area contributed by atoms with Crippen LogP contribution in [-0.4, -0.2) is 59.8 Å². The number of anilines is 2. The first kappa shape index (κ1) is 23.5. The molecule has 33 heavy (non-hydrogen) atoms. The average molecular weight is 473 g/mol. The van der Waals surface area contributed by atoms with E-state index in [-0.39, 0.29) is 16.9 Å². The number of sulfonamides is 1. The molecule has 3 N–H and O–H groups in total. The van der Waals surface area contributed by atoms with Gasteiger partial charge in [-0.3, -0.25) is 9.52 Å². The fraction of sp³-hybridized carbons (Fsp3) is 0.458. The molecule has 2 aliphatic heterocycles. The smallest absolute Gasteiger partial charge is 0.261 e.